The first-order valence-corrected chi connectivity index (χ1v) is 8.98. The average Bonchev–Trinajstić information content (AvgIpc) is 2.88. The van der Waals surface area contributed by atoms with E-state index in [1.165, 1.54) is 0 Å². The molecule has 0 atom stereocenters. The summed E-state index contributed by atoms with van der Waals surface area (Å²) in [6.07, 6.45) is 0. The third-order valence-corrected chi connectivity index (χ3v) is 5.27. The molecule has 25 heavy (non-hydrogen) atoms. The molecule has 2 aromatic carbocycles. The topological polar surface area (TPSA) is 125 Å². The lowest BCUT2D eigenvalue weighted by Gasteiger charge is -2.11. The lowest BCUT2D eigenvalue weighted by atomic mass is 10.2. The van der Waals surface area contributed by atoms with Gasteiger partial charge in [-0.25, -0.2) is 8.42 Å². The van der Waals surface area contributed by atoms with Gasteiger partial charge in [-0.2, -0.15) is 0 Å². The van der Waals surface area contributed by atoms with Gasteiger partial charge >= 0.3 is 0 Å². The number of nitrogens with one attached hydrogen (secondary N) is 2. The van der Waals surface area contributed by atoms with Crippen LogP contribution < -0.4 is 10.5 Å². The molecular formula is C16H14ClN3O4S. The summed E-state index contributed by atoms with van der Waals surface area (Å²) in [6.45, 7) is 1.90. The number of amides is 1. The molecule has 0 radical (unpaired) electrons. The van der Waals surface area contributed by atoms with E-state index in [-0.39, 0.29) is 15.5 Å². The van der Waals surface area contributed by atoms with Crippen molar-refractivity contribution < 1.29 is 18.3 Å². The summed E-state index contributed by atoms with van der Waals surface area (Å²) < 4.78 is 27.5. The number of aromatic hydroxyl groups is 1. The van der Waals surface area contributed by atoms with Crippen molar-refractivity contribution in [2.24, 2.45) is 5.73 Å². The van der Waals surface area contributed by atoms with Crippen LogP contribution >= 0.6 is 11.6 Å². The Balaban J connectivity index is 2.02. The summed E-state index contributed by atoms with van der Waals surface area (Å²) in [5.74, 6) is -1.55. The summed E-state index contributed by atoms with van der Waals surface area (Å²) >= 11 is 5.80. The van der Waals surface area contributed by atoms with Crippen molar-refractivity contribution in [2.75, 3.05) is 4.72 Å². The summed E-state index contributed by atoms with van der Waals surface area (Å²) in [4.78, 5) is 14.2. The largest absolute Gasteiger partial charge is 0.506 e. The third-order valence-electron chi connectivity index (χ3n) is 3.62. The molecule has 0 aliphatic carbocycles. The van der Waals surface area contributed by atoms with Crippen molar-refractivity contribution in [1.82, 2.24) is 4.98 Å². The number of carbonyl (C=O) groups is 1. The number of hydrogen-bond donors (Lipinski definition) is 4. The average molecular weight is 380 g/mol. The van der Waals surface area contributed by atoms with E-state index in [9.17, 15) is 18.3 Å². The number of nitrogens with two attached hydrogens (primary N) is 1. The van der Waals surface area contributed by atoms with Crippen molar-refractivity contribution in [3.8, 4) is 5.75 Å². The number of halogens is 1. The molecule has 0 aliphatic rings. The Kier molecular flexibility index (Phi) is 4.09. The van der Waals surface area contributed by atoms with Crippen molar-refractivity contribution in [1.29, 1.82) is 0 Å². The molecule has 0 saturated heterocycles. The number of aryl methyl sites for hydroxylation is 1. The number of aromatic nitrogens is 1. The van der Waals surface area contributed by atoms with Crippen molar-refractivity contribution in [3.63, 3.8) is 0 Å². The maximum Gasteiger partial charge on any atom is 0.261 e. The normalized spacial score (nSPS) is 11.6. The molecule has 7 nitrogen and oxygen atoms in total. The molecule has 3 aromatic rings. The number of carbonyl (C=O) groups excluding carboxylic acids is 1. The van der Waals surface area contributed by atoms with Gasteiger partial charge in [0.05, 0.1) is 21.2 Å². The monoisotopic (exact) mass is 379 g/mol. The zero-order valence-electron chi connectivity index (χ0n) is 13.0. The molecule has 0 saturated carbocycles. The fourth-order valence-electron chi connectivity index (χ4n) is 2.47. The number of rotatable bonds is 4. The second kappa shape index (κ2) is 5.98. The summed E-state index contributed by atoms with van der Waals surface area (Å²) in [5.41, 5.74) is 6.82. The van der Waals surface area contributed by atoms with Crippen LogP contribution in [0.3, 0.4) is 0 Å². The lowest BCUT2D eigenvalue weighted by molar-refractivity contribution is 0.0997. The lowest BCUT2D eigenvalue weighted by Crippen LogP contribution is -2.16. The highest BCUT2D eigenvalue weighted by molar-refractivity contribution is 7.92. The molecule has 3 rings (SSSR count). The number of hydrogen-bond acceptors (Lipinski definition) is 4. The standard InChI is InChI=1S/C16H14ClN3O4S/c1-8-4-9-2-3-10(5-14(9)19-8)20-25(23,24)11-6-12(16(18)22)15(21)13(17)7-11/h2-7,19-21H,1H3,(H2,18,22). The molecule has 0 fully saturated rings. The zero-order valence-corrected chi connectivity index (χ0v) is 14.6. The van der Waals surface area contributed by atoms with Gasteiger partial charge in [0.1, 0.15) is 5.75 Å². The number of sulfonamides is 1. The molecule has 0 aliphatic heterocycles. The van der Waals surface area contributed by atoms with E-state index in [0.29, 0.717) is 5.69 Å². The van der Waals surface area contributed by atoms with Crippen LogP contribution in [-0.2, 0) is 10.0 Å². The van der Waals surface area contributed by atoms with E-state index < -0.39 is 21.7 Å². The number of primary amides is 1. The molecule has 1 aromatic heterocycles. The molecule has 130 valence electrons. The van der Waals surface area contributed by atoms with Crippen LogP contribution in [0.1, 0.15) is 16.1 Å². The van der Waals surface area contributed by atoms with Crippen LogP contribution in [0.25, 0.3) is 10.9 Å². The van der Waals surface area contributed by atoms with E-state index in [0.717, 1.165) is 28.7 Å². The zero-order chi connectivity index (χ0) is 18.4. The minimum absolute atomic E-state index is 0.285. The predicted octanol–water partition coefficient (Wildman–Crippen LogP) is 2.74. The van der Waals surface area contributed by atoms with E-state index in [1.54, 1.807) is 18.2 Å². The number of benzene rings is 2. The van der Waals surface area contributed by atoms with Gasteiger partial charge in [-0.3, -0.25) is 9.52 Å². The molecule has 9 heteroatoms. The van der Waals surface area contributed by atoms with Gasteiger partial charge in [-0.1, -0.05) is 17.7 Å². The van der Waals surface area contributed by atoms with Crippen LogP contribution in [0.5, 0.6) is 5.75 Å². The molecule has 0 spiro atoms. The van der Waals surface area contributed by atoms with Crippen molar-refractivity contribution in [3.05, 3.63) is 52.7 Å². The van der Waals surface area contributed by atoms with Crippen LogP contribution in [0.15, 0.2) is 41.3 Å². The second-order valence-corrected chi connectivity index (χ2v) is 7.61. The SMILES string of the molecule is Cc1cc2ccc(NS(=O)(=O)c3cc(Cl)c(O)c(C(N)=O)c3)cc2[nH]1. The molecular weight excluding hydrogens is 366 g/mol. The molecule has 0 unspecified atom stereocenters. The maximum absolute atomic E-state index is 12.6. The highest BCUT2D eigenvalue weighted by Gasteiger charge is 2.21. The van der Waals surface area contributed by atoms with E-state index in [4.69, 9.17) is 17.3 Å². The Morgan fingerprint density at radius 1 is 1.24 bits per heavy atom. The van der Waals surface area contributed by atoms with Gasteiger partial charge in [0.25, 0.3) is 15.9 Å². The first-order valence-electron chi connectivity index (χ1n) is 7.12. The number of phenols is 1. The van der Waals surface area contributed by atoms with E-state index in [2.05, 4.69) is 9.71 Å². The Morgan fingerprint density at radius 2 is 1.96 bits per heavy atom. The van der Waals surface area contributed by atoms with Gasteiger partial charge < -0.3 is 15.8 Å². The summed E-state index contributed by atoms with van der Waals surface area (Å²) in [7, 11) is -4.04. The Hall–Kier alpha value is -2.71. The van der Waals surface area contributed by atoms with E-state index in [1.807, 2.05) is 13.0 Å². The van der Waals surface area contributed by atoms with Crippen LogP contribution in [0.4, 0.5) is 5.69 Å². The van der Waals surface area contributed by atoms with Crippen LogP contribution in [0, 0.1) is 6.92 Å². The Bertz CT molecular complexity index is 1110. The van der Waals surface area contributed by atoms with Crippen LogP contribution in [-0.4, -0.2) is 24.4 Å². The number of H-pyrrole nitrogens is 1. The molecule has 5 N–H and O–H groups in total. The fourth-order valence-corrected chi connectivity index (χ4v) is 3.85. The first-order chi connectivity index (χ1) is 11.7. The van der Waals surface area contributed by atoms with Gasteiger partial charge in [-0.15, -0.1) is 0 Å². The third kappa shape index (κ3) is 3.26. The highest BCUT2D eigenvalue weighted by Crippen LogP contribution is 2.31. The van der Waals surface area contributed by atoms with Gasteiger partial charge in [0.15, 0.2) is 0 Å². The van der Waals surface area contributed by atoms with Crippen molar-refractivity contribution >= 4 is 44.1 Å². The molecule has 1 heterocycles. The number of fused-ring (bicyclic) bond motifs is 1. The summed E-state index contributed by atoms with van der Waals surface area (Å²) in [5, 5.41) is 10.4. The quantitative estimate of drug-likeness (QED) is 0.556. The van der Waals surface area contributed by atoms with Gasteiger partial charge in [0.2, 0.25) is 0 Å². The highest BCUT2D eigenvalue weighted by atomic mass is 35.5. The minimum atomic E-state index is -4.04. The minimum Gasteiger partial charge on any atom is -0.506 e. The number of aromatic amines is 1. The van der Waals surface area contributed by atoms with Gasteiger partial charge in [0, 0.05) is 11.2 Å². The van der Waals surface area contributed by atoms with Crippen molar-refractivity contribution in [2.45, 2.75) is 11.8 Å². The first kappa shape index (κ1) is 17.1. The Labute approximate surface area is 148 Å². The number of anilines is 1. The Morgan fingerprint density at radius 3 is 2.64 bits per heavy atom. The maximum atomic E-state index is 12.6. The second-order valence-electron chi connectivity index (χ2n) is 5.53. The fraction of sp³-hybridized carbons (Fsp3) is 0.0625. The molecule has 0 bridgehead atoms. The molecule has 1 amide bonds. The van der Waals surface area contributed by atoms with Crippen LogP contribution in [0.2, 0.25) is 5.02 Å². The summed E-state index contributed by atoms with van der Waals surface area (Å²) in [6, 6.07) is 9.00. The van der Waals surface area contributed by atoms with E-state index >= 15 is 0 Å². The smallest absolute Gasteiger partial charge is 0.261 e. The van der Waals surface area contributed by atoms with Gasteiger partial charge in [-0.05, 0) is 42.6 Å². The predicted molar refractivity (Wildman–Crippen MR) is 95.5 cm³/mol.